The van der Waals surface area contributed by atoms with Crippen molar-refractivity contribution in [2.75, 3.05) is 0 Å². The predicted molar refractivity (Wildman–Crippen MR) is 69.5 cm³/mol. The maximum Gasteiger partial charge on any atom is 0.309 e. The van der Waals surface area contributed by atoms with Crippen LogP contribution in [0.25, 0.3) is 0 Å². The average Bonchev–Trinajstić information content (AvgIpc) is 3.13. The molecule has 1 saturated heterocycles. The number of carbonyl (C=O) groups excluding carboxylic acids is 1. The van der Waals surface area contributed by atoms with Gasteiger partial charge < -0.3 is 10.0 Å². The van der Waals surface area contributed by atoms with Gasteiger partial charge in [0.25, 0.3) is 0 Å². The molecule has 2 aliphatic rings. The van der Waals surface area contributed by atoms with Crippen LogP contribution in [0.2, 0.25) is 0 Å². The SMILES string of the molecule is Cc1ccccc1C1C(C(=O)O)CC(=O)N1C1CC1. The van der Waals surface area contributed by atoms with E-state index in [1.165, 1.54) is 0 Å². The number of aryl methyl sites for hydroxylation is 1. The van der Waals surface area contributed by atoms with E-state index < -0.39 is 11.9 Å². The third-order valence-corrected chi connectivity index (χ3v) is 4.13. The van der Waals surface area contributed by atoms with Crippen LogP contribution >= 0.6 is 0 Å². The van der Waals surface area contributed by atoms with Crippen molar-refractivity contribution in [3.05, 3.63) is 35.4 Å². The van der Waals surface area contributed by atoms with Crippen molar-refractivity contribution in [1.82, 2.24) is 4.90 Å². The summed E-state index contributed by atoms with van der Waals surface area (Å²) in [4.78, 5) is 25.4. The van der Waals surface area contributed by atoms with E-state index in [4.69, 9.17) is 0 Å². The molecule has 2 atom stereocenters. The molecule has 0 aromatic heterocycles. The number of carboxylic acids is 1. The highest BCUT2D eigenvalue weighted by atomic mass is 16.4. The molecule has 100 valence electrons. The number of likely N-dealkylation sites (tertiary alicyclic amines) is 1. The summed E-state index contributed by atoms with van der Waals surface area (Å²) in [6.45, 7) is 1.97. The monoisotopic (exact) mass is 259 g/mol. The molecule has 0 radical (unpaired) electrons. The van der Waals surface area contributed by atoms with Gasteiger partial charge in [-0.05, 0) is 30.9 Å². The lowest BCUT2D eigenvalue weighted by molar-refractivity contribution is -0.142. The zero-order valence-electron chi connectivity index (χ0n) is 10.9. The largest absolute Gasteiger partial charge is 0.481 e. The summed E-state index contributed by atoms with van der Waals surface area (Å²) in [5, 5.41) is 9.39. The number of rotatable bonds is 3. The van der Waals surface area contributed by atoms with Gasteiger partial charge in [0.1, 0.15) is 0 Å². The minimum absolute atomic E-state index is 0.0110. The topological polar surface area (TPSA) is 57.6 Å². The molecule has 19 heavy (non-hydrogen) atoms. The Labute approximate surface area is 112 Å². The third-order valence-electron chi connectivity index (χ3n) is 4.13. The first-order valence-electron chi connectivity index (χ1n) is 6.69. The van der Waals surface area contributed by atoms with E-state index in [1.807, 2.05) is 36.1 Å². The van der Waals surface area contributed by atoms with Crippen molar-refractivity contribution in [3.8, 4) is 0 Å². The number of hydrogen-bond acceptors (Lipinski definition) is 2. The molecule has 1 aromatic carbocycles. The van der Waals surface area contributed by atoms with Gasteiger partial charge >= 0.3 is 5.97 Å². The van der Waals surface area contributed by atoms with Crippen LogP contribution in [0.1, 0.15) is 36.4 Å². The molecule has 1 saturated carbocycles. The number of nitrogens with zero attached hydrogens (tertiary/aromatic N) is 1. The molecular formula is C15H17NO3. The van der Waals surface area contributed by atoms with Crippen molar-refractivity contribution < 1.29 is 14.7 Å². The second kappa shape index (κ2) is 4.37. The molecule has 1 aromatic rings. The van der Waals surface area contributed by atoms with Gasteiger partial charge in [-0.1, -0.05) is 24.3 Å². The first-order valence-corrected chi connectivity index (χ1v) is 6.69. The van der Waals surface area contributed by atoms with E-state index in [-0.39, 0.29) is 24.4 Å². The van der Waals surface area contributed by atoms with Crippen molar-refractivity contribution >= 4 is 11.9 Å². The maximum absolute atomic E-state index is 12.1. The van der Waals surface area contributed by atoms with E-state index in [2.05, 4.69) is 0 Å². The Hall–Kier alpha value is -1.84. The van der Waals surface area contributed by atoms with Gasteiger partial charge in [0.2, 0.25) is 5.91 Å². The zero-order valence-corrected chi connectivity index (χ0v) is 10.9. The molecule has 1 heterocycles. The Morgan fingerprint density at radius 2 is 2.00 bits per heavy atom. The number of benzene rings is 1. The quantitative estimate of drug-likeness (QED) is 0.904. The van der Waals surface area contributed by atoms with Crippen LogP contribution in [0.3, 0.4) is 0 Å². The van der Waals surface area contributed by atoms with Gasteiger partial charge in [0.05, 0.1) is 12.0 Å². The normalized spacial score (nSPS) is 26.8. The first-order chi connectivity index (χ1) is 9.09. The molecule has 4 heteroatoms. The molecule has 0 spiro atoms. The highest BCUT2D eigenvalue weighted by Crippen LogP contribution is 2.45. The zero-order chi connectivity index (χ0) is 13.6. The van der Waals surface area contributed by atoms with Crippen LogP contribution in [0.4, 0.5) is 0 Å². The smallest absolute Gasteiger partial charge is 0.309 e. The van der Waals surface area contributed by atoms with E-state index in [9.17, 15) is 14.7 Å². The molecule has 1 amide bonds. The minimum atomic E-state index is -0.871. The highest BCUT2D eigenvalue weighted by molar-refractivity contribution is 5.88. The molecular weight excluding hydrogens is 242 g/mol. The molecule has 4 nitrogen and oxygen atoms in total. The fourth-order valence-electron chi connectivity index (χ4n) is 3.05. The molecule has 1 aliphatic carbocycles. The van der Waals surface area contributed by atoms with Crippen LogP contribution in [0.5, 0.6) is 0 Å². The van der Waals surface area contributed by atoms with Gasteiger partial charge in [0.15, 0.2) is 0 Å². The lowest BCUT2D eigenvalue weighted by atomic mass is 9.91. The maximum atomic E-state index is 12.1. The Morgan fingerprint density at radius 1 is 1.32 bits per heavy atom. The van der Waals surface area contributed by atoms with Crippen LogP contribution in [-0.2, 0) is 9.59 Å². The van der Waals surface area contributed by atoms with Crippen LogP contribution in [0, 0.1) is 12.8 Å². The predicted octanol–water partition coefficient (Wildman–Crippen LogP) is 2.13. The van der Waals surface area contributed by atoms with Crippen molar-refractivity contribution in [2.24, 2.45) is 5.92 Å². The fourth-order valence-corrected chi connectivity index (χ4v) is 3.05. The summed E-state index contributed by atoms with van der Waals surface area (Å²) in [6.07, 6.45) is 2.13. The summed E-state index contributed by atoms with van der Waals surface area (Å²) in [5.41, 5.74) is 2.03. The highest BCUT2D eigenvalue weighted by Gasteiger charge is 2.50. The second-order valence-electron chi connectivity index (χ2n) is 5.48. The standard InChI is InChI=1S/C15H17NO3/c1-9-4-2-3-5-11(9)14-12(15(18)19)8-13(17)16(14)10-6-7-10/h2-5,10,12,14H,6-8H2,1H3,(H,18,19). The van der Waals surface area contributed by atoms with E-state index >= 15 is 0 Å². The summed E-state index contributed by atoms with van der Waals surface area (Å²) in [5.74, 6) is -1.50. The summed E-state index contributed by atoms with van der Waals surface area (Å²) in [7, 11) is 0. The lowest BCUT2D eigenvalue weighted by Crippen LogP contribution is -2.32. The first kappa shape index (κ1) is 12.2. The second-order valence-corrected chi connectivity index (χ2v) is 5.48. The Morgan fingerprint density at radius 3 is 2.58 bits per heavy atom. The number of amides is 1. The van der Waals surface area contributed by atoms with Crippen molar-refractivity contribution in [1.29, 1.82) is 0 Å². The molecule has 1 aliphatic heterocycles. The van der Waals surface area contributed by atoms with Crippen molar-refractivity contribution in [3.63, 3.8) is 0 Å². The van der Waals surface area contributed by atoms with Crippen molar-refractivity contribution in [2.45, 2.75) is 38.3 Å². The van der Waals surface area contributed by atoms with Crippen LogP contribution in [-0.4, -0.2) is 27.9 Å². The summed E-state index contributed by atoms with van der Waals surface area (Å²) >= 11 is 0. The lowest BCUT2D eigenvalue weighted by Gasteiger charge is -2.28. The van der Waals surface area contributed by atoms with Crippen LogP contribution < -0.4 is 0 Å². The van der Waals surface area contributed by atoms with E-state index in [1.54, 1.807) is 0 Å². The number of carboxylic acid groups (broad SMARTS) is 1. The van der Waals surface area contributed by atoms with Gasteiger partial charge in [-0.25, -0.2) is 0 Å². The molecule has 1 N–H and O–H groups in total. The molecule has 2 unspecified atom stereocenters. The molecule has 0 bridgehead atoms. The summed E-state index contributed by atoms with van der Waals surface area (Å²) < 4.78 is 0. The van der Waals surface area contributed by atoms with Gasteiger partial charge in [0, 0.05) is 12.5 Å². The fraction of sp³-hybridized carbons (Fsp3) is 0.467. The Kier molecular flexibility index (Phi) is 2.81. The van der Waals surface area contributed by atoms with Gasteiger partial charge in [-0.2, -0.15) is 0 Å². The summed E-state index contributed by atoms with van der Waals surface area (Å²) in [6, 6.07) is 7.73. The third kappa shape index (κ3) is 2.01. The van der Waals surface area contributed by atoms with Gasteiger partial charge in [-0.3, -0.25) is 9.59 Å². The van der Waals surface area contributed by atoms with Crippen LogP contribution in [0.15, 0.2) is 24.3 Å². The number of aliphatic carboxylic acids is 1. The van der Waals surface area contributed by atoms with Gasteiger partial charge in [-0.15, -0.1) is 0 Å². The molecule has 2 fully saturated rings. The average molecular weight is 259 g/mol. The number of carbonyl (C=O) groups is 2. The van der Waals surface area contributed by atoms with E-state index in [0.29, 0.717) is 0 Å². The Bertz CT molecular complexity index is 536. The minimum Gasteiger partial charge on any atom is -0.481 e. The molecule has 3 rings (SSSR count). The number of hydrogen-bond donors (Lipinski definition) is 1. The Balaban J connectivity index is 2.04. The van der Waals surface area contributed by atoms with E-state index in [0.717, 1.165) is 24.0 Å².